The average Bonchev–Trinajstić information content (AvgIpc) is 2.21. The number of allylic oxidation sites excluding steroid dienone is 1. The van der Waals surface area contributed by atoms with E-state index in [1.165, 1.54) is 0 Å². The number of ether oxygens (including phenoxy) is 1. The molecule has 1 heterocycles. The van der Waals surface area contributed by atoms with Crippen LogP contribution in [0.5, 0.6) is 0 Å². The van der Waals surface area contributed by atoms with Crippen LogP contribution in [0.3, 0.4) is 0 Å². The van der Waals surface area contributed by atoms with Crippen molar-refractivity contribution in [3.8, 4) is 0 Å². The molecule has 1 fully saturated rings. The van der Waals surface area contributed by atoms with Gasteiger partial charge in [-0.1, -0.05) is 24.5 Å². The maximum absolute atomic E-state index is 5.19. The van der Waals surface area contributed by atoms with E-state index in [-0.39, 0.29) is 0 Å². The summed E-state index contributed by atoms with van der Waals surface area (Å²) in [7, 11) is 1.62. The molecule has 14 heavy (non-hydrogen) atoms. The maximum atomic E-state index is 5.19. The molecule has 1 aliphatic heterocycles. The minimum absolute atomic E-state index is 0.522. The third-order valence-electron chi connectivity index (χ3n) is 1.80. The van der Waals surface area contributed by atoms with Gasteiger partial charge in [-0.15, -0.1) is 6.58 Å². The van der Waals surface area contributed by atoms with Crippen molar-refractivity contribution in [2.45, 2.75) is 38.9 Å². The molecule has 0 aromatic heterocycles. The first-order valence-corrected chi connectivity index (χ1v) is 4.84. The summed E-state index contributed by atoms with van der Waals surface area (Å²) in [4.78, 5) is 9.48. The molecule has 84 valence electrons. The summed E-state index contributed by atoms with van der Waals surface area (Å²) < 4.78 is 5.19. The summed E-state index contributed by atoms with van der Waals surface area (Å²) in [5.41, 5.74) is 0. The Hall–Kier alpha value is -0.420. The van der Waals surface area contributed by atoms with Crippen molar-refractivity contribution in [3.63, 3.8) is 0 Å². The predicted octanol–water partition coefficient (Wildman–Crippen LogP) is 2.61. The van der Waals surface area contributed by atoms with Gasteiger partial charge in [-0.05, 0) is 6.92 Å². The smallest absolute Gasteiger partial charge is 0.206 e. The Morgan fingerprint density at radius 3 is 2.57 bits per heavy atom. The Bertz CT molecular complexity index is 136. The fraction of sp³-hybridized carbons (Fsp3) is 0.800. The quantitative estimate of drug-likeness (QED) is 0.523. The first-order chi connectivity index (χ1) is 6.74. The molecular weight excluding hydrogens is 184 g/mol. The Labute approximate surface area is 85.6 Å². The van der Waals surface area contributed by atoms with Gasteiger partial charge in [0.1, 0.15) is 0 Å². The molecule has 0 spiro atoms. The third-order valence-corrected chi connectivity index (χ3v) is 1.80. The fourth-order valence-corrected chi connectivity index (χ4v) is 1.14. The van der Waals surface area contributed by atoms with Gasteiger partial charge in [0.15, 0.2) is 0 Å². The highest BCUT2D eigenvalue weighted by molar-refractivity contribution is 4.67. The summed E-state index contributed by atoms with van der Waals surface area (Å²) in [6.45, 7) is 7.84. The van der Waals surface area contributed by atoms with Gasteiger partial charge in [0.2, 0.25) is 5.79 Å². The van der Waals surface area contributed by atoms with Crippen LogP contribution in [-0.4, -0.2) is 19.5 Å². The Morgan fingerprint density at radius 2 is 2.21 bits per heavy atom. The van der Waals surface area contributed by atoms with Crippen molar-refractivity contribution in [2.75, 3.05) is 13.7 Å². The lowest BCUT2D eigenvalue weighted by Crippen LogP contribution is -2.39. The molecule has 1 saturated heterocycles. The molecule has 0 aromatic rings. The van der Waals surface area contributed by atoms with Gasteiger partial charge < -0.3 is 4.74 Å². The topological polar surface area (TPSA) is 36.9 Å². The molecule has 0 bridgehead atoms. The molecule has 4 nitrogen and oxygen atoms in total. The number of hydrogen-bond donors (Lipinski definition) is 0. The Balaban J connectivity index is 0.000000500. The van der Waals surface area contributed by atoms with Crippen LogP contribution in [0.25, 0.3) is 0 Å². The zero-order valence-electron chi connectivity index (χ0n) is 9.25. The van der Waals surface area contributed by atoms with Gasteiger partial charge >= 0.3 is 0 Å². The van der Waals surface area contributed by atoms with Gasteiger partial charge in [-0.25, -0.2) is 4.89 Å². The monoisotopic (exact) mass is 204 g/mol. The van der Waals surface area contributed by atoms with Crippen molar-refractivity contribution in [3.05, 3.63) is 12.7 Å². The summed E-state index contributed by atoms with van der Waals surface area (Å²) in [5.74, 6) is -0.576. The number of hydrogen-bond acceptors (Lipinski definition) is 4. The van der Waals surface area contributed by atoms with Crippen LogP contribution in [0.15, 0.2) is 12.7 Å². The molecule has 1 unspecified atom stereocenters. The highest BCUT2D eigenvalue weighted by Crippen LogP contribution is 2.26. The van der Waals surface area contributed by atoms with Crippen LogP contribution in [0.1, 0.15) is 33.1 Å². The van der Waals surface area contributed by atoms with Crippen LogP contribution in [0.4, 0.5) is 0 Å². The van der Waals surface area contributed by atoms with Gasteiger partial charge in [-0.2, -0.15) is 4.89 Å². The Kier molecular flexibility index (Phi) is 7.70. The van der Waals surface area contributed by atoms with Crippen molar-refractivity contribution < 1.29 is 19.6 Å². The largest absolute Gasteiger partial charge is 0.351 e. The minimum Gasteiger partial charge on any atom is -0.351 e. The summed E-state index contributed by atoms with van der Waals surface area (Å²) in [6, 6.07) is 0. The second-order valence-corrected chi connectivity index (χ2v) is 3.00. The van der Waals surface area contributed by atoms with E-state index in [2.05, 4.69) is 23.4 Å². The molecular formula is C10H20O4. The first kappa shape index (κ1) is 13.6. The molecule has 0 aromatic carbocycles. The van der Waals surface area contributed by atoms with Crippen molar-refractivity contribution in [1.29, 1.82) is 0 Å². The van der Waals surface area contributed by atoms with Crippen LogP contribution in [0.2, 0.25) is 0 Å². The average molecular weight is 204 g/mol. The van der Waals surface area contributed by atoms with Gasteiger partial charge in [0.25, 0.3) is 0 Å². The van der Waals surface area contributed by atoms with E-state index in [0.29, 0.717) is 6.61 Å². The molecule has 1 aliphatic rings. The molecule has 0 amide bonds. The lowest BCUT2D eigenvalue weighted by molar-refractivity contribution is -0.598. The van der Waals surface area contributed by atoms with E-state index in [1.807, 2.05) is 6.92 Å². The third kappa shape index (κ3) is 4.72. The van der Waals surface area contributed by atoms with E-state index in [1.54, 1.807) is 13.2 Å². The highest BCUT2D eigenvalue weighted by Gasteiger charge is 2.34. The van der Waals surface area contributed by atoms with Gasteiger partial charge in [0, 0.05) is 20.0 Å². The zero-order valence-corrected chi connectivity index (χ0v) is 9.25. The van der Waals surface area contributed by atoms with E-state index < -0.39 is 5.79 Å². The number of rotatable bonds is 3. The lowest BCUT2D eigenvalue weighted by Gasteiger charge is -2.32. The van der Waals surface area contributed by atoms with E-state index in [9.17, 15) is 0 Å². The van der Waals surface area contributed by atoms with E-state index in [4.69, 9.17) is 9.62 Å². The standard InChI is InChI=1S/C7H14O4.C3H6/c1-3-4-7(8-2)5-6-9-11-10-7;1-3-2/h3-6H2,1-2H3;3H,1H2,2H3. The minimum atomic E-state index is -0.576. The van der Waals surface area contributed by atoms with E-state index in [0.717, 1.165) is 19.3 Å². The highest BCUT2D eigenvalue weighted by atomic mass is 17.5. The van der Waals surface area contributed by atoms with Crippen molar-refractivity contribution in [1.82, 2.24) is 0 Å². The molecule has 0 aliphatic carbocycles. The molecule has 1 atom stereocenters. The maximum Gasteiger partial charge on any atom is 0.206 e. The first-order valence-electron chi connectivity index (χ1n) is 4.84. The molecule has 0 saturated carbocycles. The van der Waals surface area contributed by atoms with Crippen molar-refractivity contribution in [2.24, 2.45) is 0 Å². The van der Waals surface area contributed by atoms with Crippen LogP contribution >= 0.6 is 0 Å². The fourth-order valence-electron chi connectivity index (χ4n) is 1.14. The normalized spacial score (nSPS) is 26.2. The molecule has 0 N–H and O–H groups in total. The zero-order chi connectivity index (χ0) is 10.9. The molecule has 0 radical (unpaired) electrons. The predicted molar refractivity (Wildman–Crippen MR) is 53.3 cm³/mol. The molecule has 4 heteroatoms. The van der Waals surface area contributed by atoms with Gasteiger partial charge in [-0.3, -0.25) is 0 Å². The lowest BCUT2D eigenvalue weighted by atomic mass is 10.1. The summed E-state index contributed by atoms with van der Waals surface area (Å²) in [6.07, 6.45) is 4.29. The Morgan fingerprint density at radius 1 is 1.57 bits per heavy atom. The van der Waals surface area contributed by atoms with Gasteiger partial charge in [0.05, 0.1) is 6.61 Å². The number of methoxy groups -OCH3 is 1. The molecule has 1 rings (SSSR count). The van der Waals surface area contributed by atoms with E-state index >= 15 is 0 Å². The van der Waals surface area contributed by atoms with Crippen LogP contribution in [-0.2, 0) is 19.6 Å². The van der Waals surface area contributed by atoms with Crippen LogP contribution < -0.4 is 0 Å². The second kappa shape index (κ2) is 7.94. The summed E-state index contributed by atoms with van der Waals surface area (Å²) >= 11 is 0. The van der Waals surface area contributed by atoms with Crippen LogP contribution in [0, 0.1) is 0 Å². The SMILES string of the molecule is C=CC.CCCC1(OC)CCOOO1. The second-order valence-electron chi connectivity index (χ2n) is 3.00. The summed E-state index contributed by atoms with van der Waals surface area (Å²) in [5, 5.41) is 4.40. The van der Waals surface area contributed by atoms with Crippen molar-refractivity contribution >= 4 is 0 Å².